The second-order valence-corrected chi connectivity index (χ2v) is 5.75. The summed E-state index contributed by atoms with van der Waals surface area (Å²) in [6.45, 7) is 9.06. The lowest BCUT2D eigenvalue weighted by atomic mass is 10.1. The van der Waals surface area contributed by atoms with Gasteiger partial charge in [0.25, 0.3) is 0 Å². The van der Waals surface area contributed by atoms with E-state index >= 15 is 0 Å². The van der Waals surface area contributed by atoms with Crippen LogP contribution in [0.2, 0.25) is 0 Å². The van der Waals surface area contributed by atoms with Crippen LogP contribution >= 0.6 is 0 Å². The van der Waals surface area contributed by atoms with Crippen LogP contribution in [0.5, 0.6) is 0 Å². The van der Waals surface area contributed by atoms with E-state index in [0.717, 1.165) is 19.1 Å². The summed E-state index contributed by atoms with van der Waals surface area (Å²) in [7, 11) is 0. The van der Waals surface area contributed by atoms with Gasteiger partial charge in [-0.15, -0.1) is 0 Å². The van der Waals surface area contributed by atoms with Gasteiger partial charge < -0.3 is 5.32 Å². The Bertz CT molecular complexity index is 365. The molecule has 2 rings (SSSR count). The van der Waals surface area contributed by atoms with Crippen LogP contribution in [-0.2, 0) is 13.1 Å². The number of nitrogens with zero attached hydrogens (tertiary/aromatic N) is 1. The molecule has 1 aromatic rings. The lowest BCUT2D eigenvalue weighted by Crippen LogP contribution is -2.25. The van der Waals surface area contributed by atoms with Crippen LogP contribution in [0.3, 0.4) is 0 Å². The average molecular weight is 260 g/mol. The van der Waals surface area contributed by atoms with Gasteiger partial charge in [-0.25, -0.2) is 0 Å². The van der Waals surface area contributed by atoms with E-state index in [1.54, 1.807) is 0 Å². The zero-order valence-corrected chi connectivity index (χ0v) is 12.5. The fraction of sp³-hybridized carbons (Fsp3) is 0.647. The quantitative estimate of drug-likeness (QED) is 0.730. The summed E-state index contributed by atoms with van der Waals surface area (Å²) in [6.07, 6.45) is 5.20. The lowest BCUT2D eigenvalue weighted by Gasteiger charge is -2.21. The van der Waals surface area contributed by atoms with Crippen molar-refractivity contribution in [1.82, 2.24) is 10.2 Å². The van der Waals surface area contributed by atoms with Crippen LogP contribution in [0.15, 0.2) is 24.3 Å². The molecule has 0 radical (unpaired) electrons. The van der Waals surface area contributed by atoms with Crippen molar-refractivity contribution in [1.29, 1.82) is 0 Å². The van der Waals surface area contributed by atoms with Crippen LogP contribution in [0.1, 0.15) is 50.7 Å². The minimum atomic E-state index is 0.792. The maximum Gasteiger partial charge on any atom is 0.0233 e. The van der Waals surface area contributed by atoms with Crippen molar-refractivity contribution >= 4 is 0 Å². The number of benzene rings is 1. The van der Waals surface area contributed by atoms with Gasteiger partial charge in [-0.2, -0.15) is 0 Å². The van der Waals surface area contributed by atoms with Gasteiger partial charge >= 0.3 is 0 Å². The van der Waals surface area contributed by atoms with Crippen LogP contribution in [0.4, 0.5) is 0 Å². The first kappa shape index (κ1) is 14.5. The molecule has 0 unspecified atom stereocenters. The van der Waals surface area contributed by atoms with E-state index < -0.39 is 0 Å². The summed E-state index contributed by atoms with van der Waals surface area (Å²) in [5.41, 5.74) is 2.88. The SMILES string of the molecule is CCCN(CCC)Cc1cccc(CNC2CC2)c1. The predicted molar refractivity (Wildman–Crippen MR) is 82.2 cm³/mol. The molecule has 0 heterocycles. The fourth-order valence-corrected chi connectivity index (χ4v) is 2.55. The highest BCUT2D eigenvalue weighted by Gasteiger charge is 2.19. The number of hydrogen-bond acceptors (Lipinski definition) is 2. The third-order valence-electron chi connectivity index (χ3n) is 3.65. The Morgan fingerprint density at radius 2 is 1.79 bits per heavy atom. The normalized spacial score (nSPS) is 15.1. The summed E-state index contributed by atoms with van der Waals surface area (Å²) >= 11 is 0. The van der Waals surface area contributed by atoms with Crippen molar-refractivity contribution in [2.45, 2.75) is 58.7 Å². The predicted octanol–water partition coefficient (Wildman–Crippen LogP) is 3.56. The second kappa shape index (κ2) is 7.66. The van der Waals surface area contributed by atoms with Gasteiger partial charge in [-0.3, -0.25) is 4.90 Å². The Morgan fingerprint density at radius 3 is 2.42 bits per heavy atom. The lowest BCUT2D eigenvalue weighted by molar-refractivity contribution is 0.266. The van der Waals surface area contributed by atoms with Crippen molar-refractivity contribution < 1.29 is 0 Å². The molecule has 0 aromatic heterocycles. The first-order valence-electron chi connectivity index (χ1n) is 7.85. The summed E-state index contributed by atoms with van der Waals surface area (Å²) < 4.78 is 0. The molecule has 1 fully saturated rings. The van der Waals surface area contributed by atoms with Crippen molar-refractivity contribution in [3.63, 3.8) is 0 Å². The largest absolute Gasteiger partial charge is 0.310 e. The topological polar surface area (TPSA) is 15.3 Å². The molecule has 2 heteroatoms. The maximum atomic E-state index is 3.59. The Morgan fingerprint density at radius 1 is 1.11 bits per heavy atom. The van der Waals surface area contributed by atoms with E-state index in [1.807, 2.05) is 0 Å². The molecule has 19 heavy (non-hydrogen) atoms. The van der Waals surface area contributed by atoms with E-state index in [9.17, 15) is 0 Å². The molecule has 1 aliphatic carbocycles. The molecule has 2 nitrogen and oxygen atoms in total. The van der Waals surface area contributed by atoms with Crippen LogP contribution in [0.25, 0.3) is 0 Å². The Labute approximate surface area is 118 Å². The molecular weight excluding hydrogens is 232 g/mol. The molecule has 1 aromatic carbocycles. The van der Waals surface area contributed by atoms with E-state index in [4.69, 9.17) is 0 Å². The molecule has 0 amide bonds. The molecule has 1 N–H and O–H groups in total. The zero-order valence-electron chi connectivity index (χ0n) is 12.5. The van der Waals surface area contributed by atoms with Crippen LogP contribution in [-0.4, -0.2) is 24.0 Å². The van der Waals surface area contributed by atoms with E-state index in [1.165, 1.54) is 49.9 Å². The first-order valence-corrected chi connectivity index (χ1v) is 7.85. The smallest absolute Gasteiger partial charge is 0.0233 e. The third kappa shape index (κ3) is 5.33. The maximum absolute atomic E-state index is 3.59. The zero-order chi connectivity index (χ0) is 13.5. The van der Waals surface area contributed by atoms with Gasteiger partial charge in [-0.05, 0) is 49.9 Å². The van der Waals surface area contributed by atoms with Gasteiger partial charge in [0.1, 0.15) is 0 Å². The van der Waals surface area contributed by atoms with Crippen LogP contribution < -0.4 is 5.32 Å². The Kier molecular flexibility index (Phi) is 5.87. The van der Waals surface area contributed by atoms with Crippen LogP contribution in [0, 0.1) is 0 Å². The highest BCUT2D eigenvalue weighted by Crippen LogP contribution is 2.19. The van der Waals surface area contributed by atoms with E-state index in [-0.39, 0.29) is 0 Å². The molecule has 1 aliphatic rings. The molecule has 0 spiro atoms. The van der Waals surface area contributed by atoms with Crippen molar-refractivity contribution in [2.75, 3.05) is 13.1 Å². The van der Waals surface area contributed by atoms with Crippen molar-refractivity contribution in [2.24, 2.45) is 0 Å². The van der Waals surface area contributed by atoms with Gasteiger partial charge in [-0.1, -0.05) is 38.1 Å². The summed E-state index contributed by atoms with van der Waals surface area (Å²) in [6, 6.07) is 9.87. The molecule has 0 saturated heterocycles. The minimum absolute atomic E-state index is 0.792. The molecule has 1 saturated carbocycles. The van der Waals surface area contributed by atoms with Crippen molar-refractivity contribution in [3.8, 4) is 0 Å². The molecule has 0 aliphatic heterocycles. The van der Waals surface area contributed by atoms with E-state index in [2.05, 4.69) is 48.3 Å². The molecule has 106 valence electrons. The first-order chi connectivity index (χ1) is 9.31. The Balaban J connectivity index is 1.88. The Hall–Kier alpha value is -0.860. The van der Waals surface area contributed by atoms with Crippen molar-refractivity contribution in [3.05, 3.63) is 35.4 Å². The van der Waals surface area contributed by atoms with Gasteiger partial charge in [0.05, 0.1) is 0 Å². The van der Waals surface area contributed by atoms with Gasteiger partial charge in [0.2, 0.25) is 0 Å². The summed E-state index contributed by atoms with van der Waals surface area (Å²) in [4.78, 5) is 2.56. The van der Waals surface area contributed by atoms with Gasteiger partial charge in [0, 0.05) is 19.1 Å². The number of nitrogens with one attached hydrogen (secondary N) is 1. The molecular formula is C17H28N2. The van der Waals surface area contributed by atoms with Gasteiger partial charge in [0.15, 0.2) is 0 Å². The average Bonchev–Trinajstić information content (AvgIpc) is 3.21. The monoisotopic (exact) mass is 260 g/mol. The molecule has 0 bridgehead atoms. The fourth-order valence-electron chi connectivity index (χ4n) is 2.55. The highest BCUT2D eigenvalue weighted by molar-refractivity contribution is 5.23. The van der Waals surface area contributed by atoms with E-state index in [0.29, 0.717) is 0 Å². The number of rotatable bonds is 9. The molecule has 0 atom stereocenters. The number of hydrogen-bond donors (Lipinski definition) is 1. The standard InChI is InChI=1S/C17H28N2/c1-3-10-19(11-4-2)14-16-7-5-6-15(12-16)13-18-17-8-9-17/h5-7,12,17-18H,3-4,8-11,13-14H2,1-2H3. The minimum Gasteiger partial charge on any atom is -0.310 e. The second-order valence-electron chi connectivity index (χ2n) is 5.75. The highest BCUT2D eigenvalue weighted by atomic mass is 15.1. The third-order valence-corrected chi connectivity index (χ3v) is 3.65. The summed E-state index contributed by atoms with van der Waals surface area (Å²) in [5, 5.41) is 3.59. The summed E-state index contributed by atoms with van der Waals surface area (Å²) in [5.74, 6) is 0.